The Bertz CT molecular complexity index is 1170. The highest BCUT2D eigenvalue weighted by Crippen LogP contribution is 2.39. The van der Waals surface area contributed by atoms with Crippen LogP contribution in [-0.4, -0.2) is 36.2 Å². The van der Waals surface area contributed by atoms with E-state index in [9.17, 15) is 9.59 Å². The Morgan fingerprint density at radius 1 is 0.868 bits per heavy atom. The van der Waals surface area contributed by atoms with Crippen LogP contribution in [0.1, 0.15) is 76.3 Å². The lowest BCUT2D eigenvalue weighted by Gasteiger charge is -2.14. The van der Waals surface area contributed by atoms with E-state index in [4.69, 9.17) is 19.3 Å². The summed E-state index contributed by atoms with van der Waals surface area (Å²) in [6.07, 6.45) is 12.6. The zero-order valence-corrected chi connectivity index (χ0v) is 22.9. The van der Waals surface area contributed by atoms with Gasteiger partial charge in [0.15, 0.2) is 11.5 Å². The summed E-state index contributed by atoms with van der Waals surface area (Å²) in [5.74, 6) is 0.257. The first kappa shape index (κ1) is 30.4. The number of fused-ring (bicyclic) bond motifs is 1. The van der Waals surface area contributed by atoms with Gasteiger partial charge in [-0.15, -0.1) is 0 Å². The molecule has 0 radical (unpaired) electrons. The maximum atomic E-state index is 12.3. The Balaban J connectivity index is 0.000000757. The van der Waals surface area contributed by atoms with Gasteiger partial charge in [0, 0.05) is 24.4 Å². The molecular formula is C31H39NO6. The van der Waals surface area contributed by atoms with Gasteiger partial charge in [-0.2, -0.15) is 0 Å². The molecule has 1 aromatic heterocycles. The van der Waals surface area contributed by atoms with E-state index in [1.54, 1.807) is 20.4 Å². The summed E-state index contributed by atoms with van der Waals surface area (Å²) in [7, 11) is 3.11. The molecule has 0 aliphatic heterocycles. The molecule has 0 unspecified atom stereocenters. The Hall–Kier alpha value is -3.87. The van der Waals surface area contributed by atoms with Gasteiger partial charge in [0.25, 0.3) is 0 Å². The highest BCUT2D eigenvalue weighted by molar-refractivity contribution is 5.90. The minimum atomic E-state index is -0.711. The molecule has 2 aromatic carbocycles. The molecule has 3 aromatic rings. The average Bonchev–Trinajstić information content (AvgIpc) is 2.92. The van der Waals surface area contributed by atoms with E-state index in [-0.39, 0.29) is 5.97 Å². The Labute approximate surface area is 225 Å². The molecular weight excluding hydrogens is 482 g/mol. The number of ether oxygens (including phenoxy) is 3. The van der Waals surface area contributed by atoms with E-state index in [0.717, 1.165) is 47.7 Å². The number of carbonyl (C=O) groups excluding carboxylic acids is 1. The van der Waals surface area contributed by atoms with E-state index in [2.05, 4.69) is 11.9 Å². The van der Waals surface area contributed by atoms with E-state index in [0.29, 0.717) is 30.1 Å². The molecule has 1 heterocycles. The lowest BCUT2D eigenvalue weighted by molar-refractivity contribution is -0.137. The molecule has 0 aliphatic rings. The van der Waals surface area contributed by atoms with Crippen LogP contribution in [0, 0.1) is 0 Å². The van der Waals surface area contributed by atoms with Crippen molar-refractivity contribution in [3.05, 3.63) is 59.8 Å². The third kappa shape index (κ3) is 9.88. The lowest BCUT2D eigenvalue weighted by Crippen LogP contribution is -2.09. The van der Waals surface area contributed by atoms with Gasteiger partial charge >= 0.3 is 11.9 Å². The first-order valence-corrected chi connectivity index (χ1v) is 13.1. The number of carbonyl (C=O) groups is 2. The summed E-state index contributed by atoms with van der Waals surface area (Å²) in [4.78, 5) is 26.4. The van der Waals surface area contributed by atoms with Crippen molar-refractivity contribution in [2.45, 2.75) is 65.2 Å². The van der Waals surface area contributed by atoms with E-state index < -0.39 is 5.97 Å². The molecule has 7 heteroatoms. The predicted octanol–water partition coefficient (Wildman–Crippen LogP) is 7.56. The van der Waals surface area contributed by atoms with Crippen molar-refractivity contribution in [2.75, 3.05) is 14.2 Å². The fourth-order valence-electron chi connectivity index (χ4n) is 3.80. The van der Waals surface area contributed by atoms with Gasteiger partial charge in [-0.3, -0.25) is 14.6 Å². The van der Waals surface area contributed by atoms with Crippen LogP contribution in [0.5, 0.6) is 17.2 Å². The zero-order chi connectivity index (χ0) is 27.8. The predicted molar refractivity (Wildman–Crippen MR) is 152 cm³/mol. The van der Waals surface area contributed by atoms with Crippen LogP contribution in [0.25, 0.3) is 23.1 Å². The number of unbranched alkanes of at least 4 members (excludes halogenated alkanes) is 4. The van der Waals surface area contributed by atoms with Crippen LogP contribution in [0.4, 0.5) is 0 Å². The SMILES string of the molecule is CCCC(=O)O.CCCCCCCC(=O)Oc1c(OC)cc(C=Cc2ccnc3ccccc23)cc1OC. The van der Waals surface area contributed by atoms with E-state index in [1.165, 1.54) is 12.8 Å². The summed E-state index contributed by atoms with van der Waals surface area (Å²) in [6, 6.07) is 13.7. The monoisotopic (exact) mass is 521 g/mol. The molecule has 38 heavy (non-hydrogen) atoms. The third-order valence-electron chi connectivity index (χ3n) is 5.79. The molecule has 0 bridgehead atoms. The number of aliphatic carboxylic acids is 1. The molecule has 3 rings (SSSR count). The van der Waals surface area contributed by atoms with Crippen molar-refractivity contribution < 1.29 is 28.9 Å². The molecule has 0 atom stereocenters. The van der Waals surface area contributed by atoms with Gasteiger partial charge in [-0.1, -0.05) is 69.9 Å². The molecule has 0 fully saturated rings. The Morgan fingerprint density at radius 3 is 2.16 bits per heavy atom. The molecule has 204 valence electrons. The van der Waals surface area contributed by atoms with Crippen LogP contribution >= 0.6 is 0 Å². The molecule has 0 aliphatic carbocycles. The summed E-state index contributed by atoms with van der Waals surface area (Å²) in [5.41, 5.74) is 2.88. The van der Waals surface area contributed by atoms with E-state index >= 15 is 0 Å². The number of carboxylic acid groups (broad SMARTS) is 1. The fraction of sp³-hybridized carbons (Fsp3) is 0.387. The highest BCUT2D eigenvalue weighted by atomic mass is 16.6. The van der Waals surface area contributed by atoms with Crippen LogP contribution in [0.3, 0.4) is 0 Å². The van der Waals surface area contributed by atoms with Crippen molar-refractivity contribution in [1.29, 1.82) is 0 Å². The minimum Gasteiger partial charge on any atom is -0.493 e. The third-order valence-corrected chi connectivity index (χ3v) is 5.79. The molecule has 0 saturated carbocycles. The zero-order valence-electron chi connectivity index (χ0n) is 22.9. The van der Waals surface area contributed by atoms with Crippen molar-refractivity contribution >= 4 is 35.0 Å². The second-order valence-electron chi connectivity index (χ2n) is 8.79. The maximum absolute atomic E-state index is 12.3. The minimum absolute atomic E-state index is 0.273. The first-order valence-electron chi connectivity index (χ1n) is 13.1. The molecule has 0 saturated heterocycles. The van der Waals surface area contributed by atoms with Gasteiger partial charge in [-0.05, 0) is 48.2 Å². The van der Waals surface area contributed by atoms with Crippen LogP contribution in [0.2, 0.25) is 0 Å². The van der Waals surface area contributed by atoms with E-state index in [1.807, 2.05) is 61.5 Å². The number of hydrogen-bond donors (Lipinski definition) is 1. The molecule has 7 nitrogen and oxygen atoms in total. The second kappa shape index (κ2) is 16.8. The Morgan fingerprint density at radius 2 is 1.55 bits per heavy atom. The second-order valence-corrected chi connectivity index (χ2v) is 8.79. The fourth-order valence-corrected chi connectivity index (χ4v) is 3.80. The smallest absolute Gasteiger partial charge is 0.311 e. The largest absolute Gasteiger partial charge is 0.493 e. The van der Waals surface area contributed by atoms with Crippen molar-refractivity contribution in [2.24, 2.45) is 0 Å². The van der Waals surface area contributed by atoms with Gasteiger partial charge in [0.1, 0.15) is 0 Å². The van der Waals surface area contributed by atoms with Crippen molar-refractivity contribution in [3.8, 4) is 17.2 Å². The summed E-state index contributed by atoms with van der Waals surface area (Å²) >= 11 is 0. The van der Waals surface area contributed by atoms with Gasteiger partial charge in [0.05, 0.1) is 19.7 Å². The van der Waals surface area contributed by atoms with Crippen molar-refractivity contribution in [1.82, 2.24) is 4.98 Å². The number of methoxy groups -OCH3 is 2. The number of benzene rings is 2. The standard InChI is InChI=1S/C27H31NO4.C4H8O2/c1-4-5-6-7-8-13-26(29)32-27-24(30-2)18-20(19-25(27)31-3)14-15-21-16-17-28-23-12-10-9-11-22(21)23;1-2-3-4(5)6/h9-12,14-19H,4-8,13H2,1-3H3;2-3H2,1H3,(H,5,6). The van der Waals surface area contributed by atoms with Crippen LogP contribution < -0.4 is 14.2 Å². The molecule has 1 N–H and O–H groups in total. The van der Waals surface area contributed by atoms with Crippen LogP contribution in [0.15, 0.2) is 48.7 Å². The number of carboxylic acids is 1. The van der Waals surface area contributed by atoms with Crippen LogP contribution in [-0.2, 0) is 9.59 Å². The maximum Gasteiger partial charge on any atom is 0.311 e. The number of esters is 1. The highest BCUT2D eigenvalue weighted by Gasteiger charge is 2.17. The molecule has 0 amide bonds. The number of nitrogens with zero attached hydrogens (tertiary/aromatic N) is 1. The number of rotatable bonds is 13. The van der Waals surface area contributed by atoms with Gasteiger partial charge < -0.3 is 19.3 Å². The molecule has 0 spiro atoms. The quantitative estimate of drug-likeness (QED) is 0.141. The average molecular weight is 522 g/mol. The van der Waals surface area contributed by atoms with Gasteiger partial charge in [-0.25, -0.2) is 0 Å². The number of pyridine rings is 1. The lowest BCUT2D eigenvalue weighted by atomic mass is 10.1. The Kier molecular flexibility index (Phi) is 13.4. The summed E-state index contributed by atoms with van der Waals surface area (Å²) in [5, 5.41) is 8.99. The topological polar surface area (TPSA) is 95.0 Å². The number of aromatic nitrogens is 1. The number of para-hydroxylation sites is 1. The van der Waals surface area contributed by atoms with Gasteiger partial charge in [0.2, 0.25) is 5.75 Å². The summed E-state index contributed by atoms with van der Waals surface area (Å²) < 4.78 is 16.6. The van der Waals surface area contributed by atoms with Crippen molar-refractivity contribution in [3.63, 3.8) is 0 Å². The summed E-state index contributed by atoms with van der Waals surface area (Å²) in [6.45, 7) is 4.01. The first-order chi connectivity index (χ1) is 18.4. The number of hydrogen-bond acceptors (Lipinski definition) is 6. The normalized spacial score (nSPS) is 10.6.